The van der Waals surface area contributed by atoms with Crippen molar-refractivity contribution >= 4 is 33.0 Å². The number of hydrogen-bond donors (Lipinski definition) is 0. The van der Waals surface area contributed by atoms with Gasteiger partial charge in [0.05, 0.1) is 12.7 Å². The Morgan fingerprint density at radius 2 is 2.47 bits per heavy atom. The molecule has 2 aromatic heterocycles. The number of hydrogen-bond acceptors (Lipinski definition) is 4. The second-order valence-electron chi connectivity index (χ2n) is 3.02. The van der Waals surface area contributed by atoms with E-state index in [0.717, 1.165) is 9.35 Å². The topological polar surface area (TPSA) is 47.8 Å². The van der Waals surface area contributed by atoms with Gasteiger partial charge < -0.3 is 0 Å². The minimum absolute atomic E-state index is 0.0207. The van der Waals surface area contributed by atoms with Crippen LogP contribution in [0.25, 0.3) is 0 Å². The molecule has 2 rings (SSSR count). The molecule has 0 radical (unpaired) electrons. The van der Waals surface area contributed by atoms with E-state index in [2.05, 4.69) is 26.2 Å². The molecule has 0 aliphatic rings. The molecule has 6 heteroatoms. The highest BCUT2D eigenvalue weighted by molar-refractivity contribution is 9.10. The number of rotatable bonds is 3. The summed E-state index contributed by atoms with van der Waals surface area (Å²) in [5.74, 6) is -0.0207. The van der Waals surface area contributed by atoms with Crippen molar-refractivity contribution < 1.29 is 4.79 Å². The van der Waals surface area contributed by atoms with Gasteiger partial charge in [-0.05, 0) is 27.4 Å². The fourth-order valence-electron chi connectivity index (χ4n) is 1.22. The van der Waals surface area contributed by atoms with Crippen LogP contribution in [-0.4, -0.2) is 20.8 Å². The fourth-order valence-corrected chi connectivity index (χ4v) is 2.68. The summed E-state index contributed by atoms with van der Waals surface area (Å²) >= 11 is 5.06. The molecule has 0 atom stereocenters. The van der Waals surface area contributed by atoms with Crippen LogP contribution in [0, 0.1) is 0 Å². The number of carbonyl (C=O) groups excluding carboxylic acids is 1. The van der Waals surface area contributed by atoms with Crippen LogP contribution >= 0.6 is 27.3 Å². The largest absolute Gasteiger partial charge is 0.293 e. The first kappa shape index (κ1) is 10.5. The number of carbonyl (C=O) groups is 1. The SMILES string of the molecule is CC(=O)c1cnnn1Cc1sccc1Br. The molecule has 0 saturated heterocycles. The first-order valence-corrected chi connectivity index (χ1v) is 5.97. The quantitative estimate of drug-likeness (QED) is 0.814. The Hall–Kier alpha value is -1.01. The Bertz CT molecular complexity index is 491. The first-order valence-electron chi connectivity index (χ1n) is 4.30. The lowest BCUT2D eigenvalue weighted by molar-refractivity contribution is 0.100. The standard InChI is InChI=1S/C9H8BrN3OS/c1-6(14)8-4-11-12-13(8)5-9-7(10)2-3-15-9/h2-4H,5H2,1H3. The van der Waals surface area contributed by atoms with Gasteiger partial charge >= 0.3 is 0 Å². The molecule has 0 bridgehead atoms. The predicted octanol–water partition coefficient (Wildman–Crippen LogP) is 2.35. The summed E-state index contributed by atoms with van der Waals surface area (Å²) in [5, 5.41) is 9.61. The lowest BCUT2D eigenvalue weighted by Gasteiger charge is -2.01. The molecule has 2 aromatic rings. The van der Waals surface area contributed by atoms with E-state index in [0.29, 0.717) is 12.2 Å². The summed E-state index contributed by atoms with van der Waals surface area (Å²) in [4.78, 5) is 12.4. The molecular formula is C9H8BrN3OS. The van der Waals surface area contributed by atoms with Crippen molar-refractivity contribution in [3.8, 4) is 0 Å². The second-order valence-corrected chi connectivity index (χ2v) is 4.88. The highest BCUT2D eigenvalue weighted by Gasteiger charge is 2.10. The Morgan fingerprint density at radius 3 is 3.07 bits per heavy atom. The summed E-state index contributed by atoms with van der Waals surface area (Å²) in [6, 6.07) is 1.98. The number of thiophene rings is 1. The Morgan fingerprint density at radius 1 is 1.67 bits per heavy atom. The maximum Gasteiger partial charge on any atom is 0.179 e. The van der Waals surface area contributed by atoms with E-state index in [4.69, 9.17) is 0 Å². The van der Waals surface area contributed by atoms with Gasteiger partial charge in [-0.15, -0.1) is 16.4 Å². The average molecular weight is 286 g/mol. The third-order valence-electron chi connectivity index (χ3n) is 1.96. The molecule has 0 saturated carbocycles. The summed E-state index contributed by atoms with van der Waals surface area (Å²) in [6.07, 6.45) is 1.49. The number of nitrogens with zero attached hydrogens (tertiary/aromatic N) is 3. The van der Waals surface area contributed by atoms with Gasteiger partial charge in [-0.2, -0.15) is 0 Å². The van der Waals surface area contributed by atoms with Crippen LogP contribution < -0.4 is 0 Å². The zero-order valence-corrected chi connectivity index (χ0v) is 10.4. The molecule has 0 aliphatic heterocycles. The third kappa shape index (κ3) is 2.15. The Balaban J connectivity index is 2.28. The summed E-state index contributed by atoms with van der Waals surface area (Å²) in [7, 11) is 0. The van der Waals surface area contributed by atoms with Crippen LogP contribution in [0.3, 0.4) is 0 Å². The monoisotopic (exact) mass is 285 g/mol. The van der Waals surface area contributed by atoms with E-state index < -0.39 is 0 Å². The van der Waals surface area contributed by atoms with Gasteiger partial charge in [0.25, 0.3) is 0 Å². The van der Waals surface area contributed by atoms with Crippen LogP contribution in [0.5, 0.6) is 0 Å². The molecule has 0 aliphatic carbocycles. The Labute approximate surface area is 99.0 Å². The fraction of sp³-hybridized carbons (Fsp3) is 0.222. The molecule has 0 N–H and O–H groups in total. The van der Waals surface area contributed by atoms with E-state index in [-0.39, 0.29) is 5.78 Å². The maximum atomic E-state index is 11.2. The maximum absolute atomic E-state index is 11.2. The minimum atomic E-state index is -0.0207. The molecule has 0 unspecified atom stereocenters. The van der Waals surface area contributed by atoms with Crippen LogP contribution in [0.15, 0.2) is 22.1 Å². The number of aromatic nitrogens is 3. The molecule has 15 heavy (non-hydrogen) atoms. The number of Topliss-reactive ketones (excluding diaryl/α,β-unsaturated/α-hetero) is 1. The van der Waals surface area contributed by atoms with Gasteiger partial charge in [-0.1, -0.05) is 5.21 Å². The van der Waals surface area contributed by atoms with Crippen LogP contribution in [0.4, 0.5) is 0 Å². The van der Waals surface area contributed by atoms with Crippen molar-refractivity contribution in [1.29, 1.82) is 0 Å². The lowest BCUT2D eigenvalue weighted by Crippen LogP contribution is -2.08. The second kappa shape index (κ2) is 4.24. The van der Waals surface area contributed by atoms with E-state index in [1.807, 2.05) is 11.4 Å². The molecule has 0 fully saturated rings. The van der Waals surface area contributed by atoms with Gasteiger partial charge in [0.15, 0.2) is 5.78 Å². The smallest absolute Gasteiger partial charge is 0.179 e. The normalized spacial score (nSPS) is 10.5. The number of halogens is 1. The van der Waals surface area contributed by atoms with Crippen molar-refractivity contribution in [2.75, 3.05) is 0 Å². The van der Waals surface area contributed by atoms with Crippen molar-refractivity contribution in [3.05, 3.63) is 32.7 Å². The molecule has 4 nitrogen and oxygen atoms in total. The van der Waals surface area contributed by atoms with Gasteiger partial charge in [0.2, 0.25) is 0 Å². The number of ketones is 1. The summed E-state index contributed by atoms with van der Waals surface area (Å²) < 4.78 is 2.65. The van der Waals surface area contributed by atoms with E-state index in [1.54, 1.807) is 16.0 Å². The van der Waals surface area contributed by atoms with E-state index >= 15 is 0 Å². The zero-order chi connectivity index (χ0) is 10.8. The van der Waals surface area contributed by atoms with E-state index in [1.165, 1.54) is 13.1 Å². The van der Waals surface area contributed by atoms with Crippen molar-refractivity contribution in [2.24, 2.45) is 0 Å². The van der Waals surface area contributed by atoms with Crippen molar-refractivity contribution in [1.82, 2.24) is 15.0 Å². The van der Waals surface area contributed by atoms with Crippen LogP contribution in [0.2, 0.25) is 0 Å². The van der Waals surface area contributed by atoms with Gasteiger partial charge in [-0.25, -0.2) is 4.68 Å². The Kier molecular flexibility index (Phi) is 2.97. The molecule has 0 amide bonds. The molecule has 0 spiro atoms. The highest BCUT2D eigenvalue weighted by Crippen LogP contribution is 2.23. The lowest BCUT2D eigenvalue weighted by atomic mass is 10.3. The highest BCUT2D eigenvalue weighted by atomic mass is 79.9. The van der Waals surface area contributed by atoms with Crippen LogP contribution in [0.1, 0.15) is 22.3 Å². The molecule has 2 heterocycles. The van der Waals surface area contributed by atoms with Crippen molar-refractivity contribution in [2.45, 2.75) is 13.5 Å². The predicted molar refractivity (Wildman–Crippen MR) is 61.1 cm³/mol. The molecule has 0 aromatic carbocycles. The minimum Gasteiger partial charge on any atom is -0.293 e. The summed E-state index contributed by atoms with van der Waals surface area (Å²) in [5.41, 5.74) is 0.537. The zero-order valence-electron chi connectivity index (χ0n) is 7.98. The molecular weight excluding hydrogens is 278 g/mol. The van der Waals surface area contributed by atoms with Crippen LogP contribution in [-0.2, 0) is 6.54 Å². The van der Waals surface area contributed by atoms with Gasteiger partial charge in [0.1, 0.15) is 5.69 Å². The first-order chi connectivity index (χ1) is 7.18. The van der Waals surface area contributed by atoms with E-state index in [9.17, 15) is 4.79 Å². The third-order valence-corrected chi connectivity index (χ3v) is 3.87. The molecule has 78 valence electrons. The van der Waals surface area contributed by atoms with Gasteiger partial charge in [-0.3, -0.25) is 4.79 Å². The summed E-state index contributed by atoms with van der Waals surface area (Å²) in [6.45, 7) is 2.09. The van der Waals surface area contributed by atoms with Gasteiger partial charge in [0, 0.05) is 16.3 Å². The average Bonchev–Trinajstić information content (AvgIpc) is 2.77. The van der Waals surface area contributed by atoms with Crippen molar-refractivity contribution in [3.63, 3.8) is 0 Å².